The molecule has 2 rings (SSSR count). The van der Waals surface area contributed by atoms with Crippen LogP contribution in [0.25, 0.3) is 0 Å². The lowest BCUT2D eigenvalue weighted by molar-refractivity contribution is -0.128. The van der Waals surface area contributed by atoms with E-state index in [-0.39, 0.29) is 32.8 Å². The van der Waals surface area contributed by atoms with E-state index in [0.717, 1.165) is 38.2 Å². The summed E-state index contributed by atoms with van der Waals surface area (Å²) in [6.07, 6.45) is 6.43. The monoisotopic (exact) mass is 597 g/mol. The molecule has 0 heterocycles. The van der Waals surface area contributed by atoms with Gasteiger partial charge in [0.05, 0.1) is 6.61 Å². The lowest BCUT2D eigenvalue weighted by Crippen LogP contribution is -2.34. The van der Waals surface area contributed by atoms with Gasteiger partial charge in [-0.2, -0.15) is 0 Å². The third-order valence-electron chi connectivity index (χ3n) is 4.48. The Bertz CT molecular complexity index is 649. The zero-order valence-corrected chi connectivity index (χ0v) is 29.0. The van der Waals surface area contributed by atoms with Crippen LogP contribution in [0.15, 0.2) is 0 Å². The number of hydrogen-bond acceptors (Lipinski definition) is 7. The fourth-order valence-electron chi connectivity index (χ4n) is 1.80. The molecule has 0 radical (unpaired) electrons. The molecule has 0 spiro atoms. The standard InChI is InChI=1S/C8H15NO2.C7H15NO.C6H13NO.C4H6O.C3H9N.C2H6.CH2O.3H2/c1-2-8(10)9-6-11-5-7-3-4-7;1-5-8-6(9)7(2,3)4;1-6(2,3)5(8)7-4;5-3-4-1-2-4;1-4(2)3;2*1-2;;;/h7H,2-6H2,1H3,(H,9,10);5H2,1-4H3,(H,8,9);1-4H3,(H,7,8);3-4H,1-2H2;1-3H3;1-2H3;1H2;3*1H. The number of ether oxygens (including phenoxy) is 1. The fraction of sp³-hybridized carbons (Fsp3) is 0.839. The van der Waals surface area contributed by atoms with E-state index >= 15 is 0 Å². The summed E-state index contributed by atoms with van der Waals surface area (Å²) in [7, 11) is 7.65. The maximum absolute atomic E-state index is 11.0. The Hall–Kier alpha value is -2.33. The van der Waals surface area contributed by atoms with Gasteiger partial charge >= 0.3 is 0 Å². The van der Waals surface area contributed by atoms with Gasteiger partial charge < -0.3 is 35.2 Å². The quantitative estimate of drug-likeness (QED) is 0.209. The van der Waals surface area contributed by atoms with Crippen LogP contribution in [-0.4, -0.2) is 83.8 Å². The van der Waals surface area contributed by atoms with Gasteiger partial charge in [-0.25, -0.2) is 0 Å². The average Bonchev–Trinajstić information content (AvgIpc) is 3.83. The highest BCUT2D eigenvalue weighted by Gasteiger charge is 2.21. The molecule has 10 heteroatoms. The van der Waals surface area contributed by atoms with Gasteiger partial charge in [0.15, 0.2) is 0 Å². The first kappa shape index (κ1) is 48.4. The lowest BCUT2D eigenvalue weighted by Gasteiger charge is -2.16. The zero-order chi connectivity index (χ0) is 33.7. The molecule has 252 valence electrons. The summed E-state index contributed by atoms with van der Waals surface area (Å²) in [5.41, 5.74) is -0.481. The minimum absolute atomic E-state index is 0. The number of aldehydes is 1. The number of nitrogens with one attached hydrogen (secondary N) is 3. The predicted octanol–water partition coefficient (Wildman–Crippen LogP) is 5.20. The summed E-state index contributed by atoms with van der Waals surface area (Å²) in [5.74, 6) is 1.48. The van der Waals surface area contributed by atoms with Crippen molar-refractivity contribution in [1.29, 1.82) is 0 Å². The summed E-state index contributed by atoms with van der Waals surface area (Å²) >= 11 is 0. The Balaban J connectivity index is -0.0000000604. The van der Waals surface area contributed by atoms with Crippen molar-refractivity contribution in [2.24, 2.45) is 22.7 Å². The van der Waals surface area contributed by atoms with Crippen molar-refractivity contribution in [2.45, 2.75) is 101 Å². The van der Waals surface area contributed by atoms with Crippen LogP contribution in [0.2, 0.25) is 0 Å². The number of carbonyl (C=O) groups is 5. The van der Waals surface area contributed by atoms with Gasteiger partial charge in [0.25, 0.3) is 0 Å². The van der Waals surface area contributed by atoms with Gasteiger partial charge in [0, 0.05) is 41.0 Å². The van der Waals surface area contributed by atoms with Crippen molar-refractivity contribution in [3.05, 3.63) is 0 Å². The van der Waals surface area contributed by atoms with Crippen LogP contribution in [0, 0.1) is 22.7 Å². The van der Waals surface area contributed by atoms with Gasteiger partial charge in [-0.05, 0) is 59.7 Å². The number of nitrogens with zero attached hydrogens (tertiary/aromatic N) is 1. The molecular weight excluding hydrogens is 524 g/mol. The first-order valence-corrected chi connectivity index (χ1v) is 14.7. The first-order valence-electron chi connectivity index (χ1n) is 14.7. The smallest absolute Gasteiger partial charge is 0.225 e. The molecule has 0 aromatic heterocycles. The van der Waals surface area contributed by atoms with Crippen molar-refractivity contribution in [2.75, 3.05) is 48.1 Å². The van der Waals surface area contributed by atoms with E-state index in [1.807, 2.05) is 102 Å². The Labute approximate surface area is 256 Å². The number of hydrogen-bond donors (Lipinski definition) is 3. The second kappa shape index (κ2) is 30.6. The molecule has 3 amide bonds. The van der Waals surface area contributed by atoms with Gasteiger partial charge in [0.2, 0.25) is 17.7 Å². The van der Waals surface area contributed by atoms with E-state index in [4.69, 9.17) is 9.53 Å². The van der Waals surface area contributed by atoms with Crippen LogP contribution in [0.1, 0.15) is 106 Å². The molecule has 2 fully saturated rings. The molecular formula is C31H72N4O6. The van der Waals surface area contributed by atoms with Gasteiger partial charge in [-0.15, -0.1) is 0 Å². The molecule has 0 atom stereocenters. The van der Waals surface area contributed by atoms with Gasteiger partial charge in [-0.3, -0.25) is 14.4 Å². The van der Waals surface area contributed by atoms with E-state index in [1.54, 1.807) is 7.05 Å². The third-order valence-corrected chi connectivity index (χ3v) is 4.48. The molecule has 0 saturated heterocycles. The first-order chi connectivity index (χ1) is 19.0. The molecule has 0 aromatic rings. The highest BCUT2D eigenvalue weighted by molar-refractivity contribution is 5.81. The SMILES string of the molecule is C=O.CC.CCC(=O)NCOCC1CC1.CCNC(=O)C(C)(C)C.CN(C)C.CNC(=O)C(C)(C)C.O=CC1CC1.[HH].[HH].[HH]. The zero-order valence-electron chi connectivity index (χ0n) is 29.0. The van der Waals surface area contributed by atoms with Crippen LogP contribution >= 0.6 is 0 Å². The summed E-state index contributed by atoms with van der Waals surface area (Å²) in [5, 5.41) is 7.97. The summed E-state index contributed by atoms with van der Waals surface area (Å²) < 4.78 is 5.20. The van der Waals surface area contributed by atoms with Gasteiger partial charge in [-0.1, -0.05) is 62.3 Å². The predicted molar refractivity (Wildman–Crippen MR) is 177 cm³/mol. The minimum atomic E-state index is -0.241. The topological polar surface area (TPSA) is 134 Å². The third kappa shape index (κ3) is 47.8. The largest absolute Gasteiger partial charge is 0.361 e. The van der Waals surface area contributed by atoms with Crippen molar-refractivity contribution >= 4 is 30.8 Å². The molecule has 0 bridgehead atoms. The molecule has 2 aliphatic rings. The van der Waals surface area contributed by atoms with Crippen molar-refractivity contribution in [1.82, 2.24) is 20.9 Å². The Morgan fingerprint density at radius 2 is 1.29 bits per heavy atom. The van der Waals surface area contributed by atoms with E-state index in [1.165, 1.54) is 12.8 Å². The van der Waals surface area contributed by atoms with Crippen LogP contribution in [-0.2, 0) is 28.7 Å². The van der Waals surface area contributed by atoms with Crippen molar-refractivity contribution in [3.63, 3.8) is 0 Å². The lowest BCUT2D eigenvalue weighted by atomic mass is 9.96. The summed E-state index contributed by atoms with van der Waals surface area (Å²) in [6.45, 7) is 23.0. The maximum atomic E-state index is 11.0. The molecule has 0 aromatic carbocycles. The number of rotatable bonds is 7. The summed E-state index contributed by atoms with van der Waals surface area (Å²) in [6, 6.07) is 0. The summed E-state index contributed by atoms with van der Waals surface area (Å²) in [4.78, 5) is 51.9. The Morgan fingerprint density at radius 3 is 1.46 bits per heavy atom. The Morgan fingerprint density at radius 1 is 0.878 bits per heavy atom. The van der Waals surface area contributed by atoms with Crippen LogP contribution in [0.5, 0.6) is 0 Å². The minimum Gasteiger partial charge on any atom is -0.361 e. The normalized spacial score (nSPS) is 12.9. The fourth-order valence-corrected chi connectivity index (χ4v) is 1.80. The molecule has 3 N–H and O–H groups in total. The highest BCUT2D eigenvalue weighted by Crippen LogP contribution is 2.28. The Kier molecular flexibility index (Phi) is 36.2. The second-order valence-corrected chi connectivity index (χ2v) is 11.7. The molecule has 2 aliphatic carbocycles. The molecule has 2 saturated carbocycles. The van der Waals surface area contributed by atoms with Crippen molar-refractivity contribution < 1.29 is 33.0 Å². The molecule has 10 nitrogen and oxygen atoms in total. The second-order valence-electron chi connectivity index (χ2n) is 11.7. The van der Waals surface area contributed by atoms with Crippen LogP contribution in [0.4, 0.5) is 0 Å². The van der Waals surface area contributed by atoms with E-state index in [2.05, 4.69) is 16.0 Å². The van der Waals surface area contributed by atoms with Crippen LogP contribution < -0.4 is 16.0 Å². The van der Waals surface area contributed by atoms with E-state index < -0.39 is 0 Å². The average molecular weight is 597 g/mol. The van der Waals surface area contributed by atoms with Crippen molar-refractivity contribution in [3.8, 4) is 0 Å². The highest BCUT2D eigenvalue weighted by atomic mass is 16.5. The van der Waals surface area contributed by atoms with Crippen LogP contribution in [0.3, 0.4) is 0 Å². The molecule has 0 aliphatic heterocycles. The van der Waals surface area contributed by atoms with E-state index in [0.29, 0.717) is 19.1 Å². The van der Waals surface area contributed by atoms with Gasteiger partial charge in [0.1, 0.15) is 19.8 Å². The molecule has 0 unspecified atom stereocenters. The number of amides is 3. The molecule has 41 heavy (non-hydrogen) atoms. The van der Waals surface area contributed by atoms with E-state index in [9.17, 15) is 19.2 Å². The maximum Gasteiger partial charge on any atom is 0.225 e. The number of carbonyl (C=O) groups excluding carboxylic acids is 5.